The number of halogens is 2. The molecule has 0 saturated carbocycles. The van der Waals surface area contributed by atoms with Crippen LogP contribution in [0.5, 0.6) is 5.75 Å². The third-order valence-corrected chi connectivity index (χ3v) is 5.97. The minimum atomic E-state index is -3.73. The first-order chi connectivity index (χ1) is 13.8. The molecule has 0 atom stereocenters. The number of benzene rings is 3. The van der Waals surface area contributed by atoms with Gasteiger partial charge in [0.2, 0.25) is 0 Å². The molecule has 9 heteroatoms. The smallest absolute Gasteiger partial charge is 0.345 e. The quantitative estimate of drug-likeness (QED) is 0.462. The summed E-state index contributed by atoms with van der Waals surface area (Å²) in [4.78, 5) is 12.5. The van der Waals surface area contributed by atoms with Crippen LogP contribution in [-0.4, -0.2) is 20.2 Å². The zero-order valence-electron chi connectivity index (χ0n) is 14.6. The maximum atomic E-state index is 12.4. The summed E-state index contributed by atoms with van der Waals surface area (Å²) in [5.41, 5.74) is 1.15. The molecular weight excluding hydrogens is 435 g/mol. The average molecular weight is 447 g/mol. The maximum absolute atomic E-state index is 12.4. The van der Waals surface area contributed by atoms with Crippen molar-refractivity contribution in [2.45, 2.75) is 4.90 Å². The van der Waals surface area contributed by atoms with Crippen LogP contribution in [0, 0.1) is 0 Å². The maximum Gasteiger partial charge on any atom is 0.345 e. The molecule has 1 heterocycles. The molecule has 1 aliphatic heterocycles. The summed E-state index contributed by atoms with van der Waals surface area (Å²) in [5, 5.41) is 3.55. The number of carbonyl (C=O) groups is 1. The van der Waals surface area contributed by atoms with Crippen LogP contribution in [0.25, 0.3) is 0 Å². The lowest BCUT2D eigenvalue weighted by Crippen LogP contribution is -2.12. The number of ether oxygens (including phenoxy) is 1. The fraction of sp³-hybridized carbons (Fsp3) is 0. The number of amidine groups is 1. The molecule has 0 bridgehead atoms. The molecule has 6 nitrogen and oxygen atoms in total. The second kappa shape index (κ2) is 7.51. The summed E-state index contributed by atoms with van der Waals surface area (Å²) in [6.07, 6.45) is 0. The van der Waals surface area contributed by atoms with Crippen molar-refractivity contribution in [2.24, 2.45) is 4.40 Å². The van der Waals surface area contributed by atoms with Gasteiger partial charge in [0.25, 0.3) is 10.0 Å². The van der Waals surface area contributed by atoms with E-state index in [0.29, 0.717) is 16.3 Å². The molecule has 0 saturated heterocycles. The van der Waals surface area contributed by atoms with Crippen LogP contribution in [0.2, 0.25) is 10.0 Å². The molecule has 0 fully saturated rings. The molecule has 0 radical (unpaired) electrons. The molecule has 3 aromatic carbocycles. The molecule has 1 aliphatic rings. The summed E-state index contributed by atoms with van der Waals surface area (Å²) < 4.78 is 33.5. The van der Waals surface area contributed by atoms with Gasteiger partial charge >= 0.3 is 5.97 Å². The fourth-order valence-electron chi connectivity index (χ4n) is 2.79. The molecule has 1 N–H and O–H groups in total. The first-order valence-corrected chi connectivity index (χ1v) is 10.5. The van der Waals surface area contributed by atoms with E-state index in [0.717, 1.165) is 0 Å². The highest BCUT2D eigenvalue weighted by molar-refractivity contribution is 7.90. The highest BCUT2D eigenvalue weighted by Crippen LogP contribution is 2.28. The third kappa shape index (κ3) is 3.98. The predicted molar refractivity (Wildman–Crippen MR) is 112 cm³/mol. The van der Waals surface area contributed by atoms with Crippen molar-refractivity contribution in [3.8, 4) is 5.75 Å². The molecule has 0 amide bonds. The van der Waals surface area contributed by atoms with Gasteiger partial charge in [-0.3, -0.25) is 0 Å². The van der Waals surface area contributed by atoms with Crippen LogP contribution in [0.3, 0.4) is 0 Å². The summed E-state index contributed by atoms with van der Waals surface area (Å²) in [6, 6.07) is 17.5. The third-order valence-electron chi connectivity index (χ3n) is 4.09. The standard InChI is InChI=1S/C20H12Cl2N2O4S/c21-12-8-9-15(17(22)10-12)20(25)28-14-5-3-4-13(11-14)23-19-16-6-1-2-7-18(16)29(26,27)24-19/h1-11H,(H,23,24). The Balaban J connectivity index is 1.56. The minimum Gasteiger partial charge on any atom is -0.423 e. The van der Waals surface area contributed by atoms with E-state index in [1.807, 2.05) is 0 Å². The number of anilines is 1. The lowest BCUT2D eigenvalue weighted by atomic mass is 10.2. The van der Waals surface area contributed by atoms with Gasteiger partial charge in [-0.25, -0.2) is 4.79 Å². The molecule has 3 aromatic rings. The summed E-state index contributed by atoms with van der Waals surface area (Å²) in [6.45, 7) is 0. The van der Waals surface area contributed by atoms with E-state index in [1.165, 1.54) is 24.3 Å². The fourth-order valence-corrected chi connectivity index (χ4v) is 4.45. The van der Waals surface area contributed by atoms with Crippen molar-refractivity contribution in [1.82, 2.24) is 0 Å². The van der Waals surface area contributed by atoms with Gasteiger partial charge in [-0.2, -0.15) is 8.42 Å². The number of sulfonamides is 1. The number of nitrogens with zero attached hydrogens (tertiary/aromatic N) is 1. The highest BCUT2D eigenvalue weighted by atomic mass is 35.5. The molecule has 4 rings (SSSR count). The zero-order chi connectivity index (χ0) is 20.6. The van der Waals surface area contributed by atoms with Crippen LogP contribution < -0.4 is 10.1 Å². The second-order valence-electron chi connectivity index (χ2n) is 6.08. The van der Waals surface area contributed by atoms with E-state index in [9.17, 15) is 13.2 Å². The number of fused-ring (bicyclic) bond motifs is 1. The Morgan fingerprint density at radius 1 is 0.966 bits per heavy atom. The van der Waals surface area contributed by atoms with E-state index in [-0.39, 0.29) is 27.1 Å². The largest absolute Gasteiger partial charge is 0.423 e. The number of hydrogen-bond acceptors (Lipinski definition) is 5. The van der Waals surface area contributed by atoms with E-state index in [4.69, 9.17) is 27.9 Å². The summed E-state index contributed by atoms with van der Waals surface area (Å²) in [7, 11) is -3.73. The zero-order valence-corrected chi connectivity index (χ0v) is 16.9. The Morgan fingerprint density at radius 3 is 2.55 bits per heavy atom. The first kappa shape index (κ1) is 19.4. The molecular formula is C20H12Cl2N2O4S. The van der Waals surface area contributed by atoms with E-state index >= 15 is 0 Å². The van der Waals surface area contributed by atoms with E-state index < -0.39 is 16.0 Å². The van der Waals surface area contributed by atoms with Gasteiger partial charge in [-0.1, -0.05) is 41.4 Å². The van der Waals surface area contributed by atoms with Crippen LogP contribution >= 0.6 is 23.2 Å². The topological polar surface area (TPSA) is 84.8 Å². The average Bonchev–Trinajstić information content (AvgIpc) is 2.92. The normalized spacial score (nSPS) is 14.1. The Morgan fingerprint density at radius 2 is 1.76 bits per heavy atom. The van der Waals surface area contributed by atoms with Gasteiger partial charge in [-0.15, -0.1) is 4.40 Å². The summed E-state index contributed by atoms with van der Waals surface area (Å²) >= 11 is 11.9. The Hall–Kier alpha value is -2.87. The van der Waals surface area contributed by atoms with Crippen molar-refractivity contribution in [3.05, 3.63) is 87.9 Å². The monoisotopic (exact) mass is 446 g/mol. The van der Waals surface area contributed by atoms with Crippen LogP contribution in [-0.2, 0) is 10.0 Å². The van der Waals surface area contributed by atoms with Crippen LogP contribution in [0.15, 0.2) is 76.0 Å². The highest BCUT2D eigenvalue weighted by Gasteiger charge is 2.28. The van der Waals surface area contributed by atoms with Gasteiger partial charge in [0.15, 0.2) is 5.84 Å². The molecule has 29 heavy (non-hydrogen) atoms. The Kier molecular flexibility index (Phi) is 5.04. The Labute approximate surface area is 176 Å². The minimum absolute atomic E-state index is 0.141. The molecule has 0 unspecified atom stereocenters. The first-order valence-electron chi connectivity index (χ1n) is 8.32. The number of carbonyl (C=O) groups excluding carboxylic acids is 1. The van der Waals surface area contributed by atoms with Crippen molar-refractivity contribution in [1.29, 1.82) is 0 Å². The van der Waals surface area contributed by atoms with Gasteiger partial charge in [0.05, 0.1) is 10.6 Å². The lowest BCUT2D eigenvalue weighted by molar-refractivity contribution is 0.0735. The van der Waals surface area contributed by atoms with Crippen molar-refractivity contribution >= 4 is 50.7 Å². The second-order valence-corrected chi connectivity index (χ2v) is 8.49. The molecule has 0 aromatic heterocycles. The number of esters is 1. The SMILES string of the molecule is O=C(Oc1cccc(NC2=NS(=O)(=O)c3ccccc32)c1)c1ccc(Cl)cc1Cl. The predicted octanol–water partition coefficient (Wildman–Crippen LogP) is 4.77. The van der Waals surface area contributed by atoms with Gasteiger partial charge in [-0.05, 0) is 42.5 Å². The van der Waals surface area contributed by atoms with Crippen molar-refractivity contribution in [2.75, 3.05) is 5.32 Å². The van der Waals surface area contributed by atoms with Crippen molar-refractivity contribution in [3.63, 3.8) is 0 Å². The van der Waals surface area contributed by atoms with Crippen LogP contribution in [0.4, 0.5) is 5.69 Å². The molecule has 0 spiro atoms. The van der Waals surface area contributed by atoms with Crippen molar-refractivity contribution < 1.29 is 17.9 Å². The van der Waals surface area contributed by atoms with Gasteiger partial charge in [0, 0.05) is 22.3 Å². The lowest BCUT2D eigenvalue weighted by Gasteiger charge is -2.10. The number of nitrogens with one attached hydrogen (secondary N) is 1. The number of rotatable bonds is 3. The van der Waals surface area contributed by atoms with E-state index in [2.05, 4.69) is 9.71 Å². The van der Waals surface area contributed by atoms with E-state index in [1.54, 1.807) is 42.5 Å². The number of hydrogen-bond donors (Lipinski definition) is 1. The van der Waals surface area contributed by atoms with Crippen LogP contribution in [0.1, 0.15) is 15.9 Å². The molecule has 0 aliphatic carbocycles. The Bertz CT molecular complexity index is 1270. The van der Waals surface area contributed by atoms with Gasteiger partial charge < -0.3 is 10.1 Å². The molecule has 146 valence electrons. The summed E-state index contributed by atoms with van der Waals surface area (Å²) in [5.74, 6) is -0.194. The van der Waals surface area contributed by atoms with Gasteiger partial charge in [0.1, 0.15) is 10.6 Å².